The van der Waals surface area contributed by atoms with Crippen LogP contribution in [-0.4, -0.2) is 29.8 Å². The van der Waals surface area contributed by atoms with E-state index in [1.165, 1.54) is 11.7 Å². The quantitative estimate of drug-likeness (QED) is 0.865. The van der Waals surface area contributed by atoms with Crippen molar-refractivity contribution in [3.63, 3.8) is 0 Å². The molecule has 1 fully saturated rings. The van der Waals surface area contributed by atoms with Crippen LogP contribution in [0, 0.1) is 0 Å². The highest BCUT2D eigenvalue weighted by molar-refractivity contribution is 5.83. The van der Waals surface area contributed by atoms with Crippen molar-refractivity contribution in [1.29, 1.82) is 0 Å². The zero-order chi connectivity index (χ0) is 14.8. The molecule has 1 saturated heterocycles. The van der Waals surface area contributed by atoms with E-state index in [-0.39, 0.29) is 17.3 Å². The molecule has 1 aliphatic heterocycles. The lowest BCUT2D eigenvalue weighted by Gasteiger charge is -2.17. The Kier molecular flexibility index (Phi) is 3.79. The summed E-state index contributed by atoms with van der Waals surface area (Å²) in [5.74, 6) is 0.490. The van der Waals surface area contributed by atoms with E-state index in [0.717, 1.165) is 25.8 Å². The number of nitrogens with zero attached hydrogens (tertiary/aromatic N) is 1. The van der Waals surface area contributed by atoms with E-state index >= 15 is 0 Å². The first-order valence-corrected chi connectivity index (χ1v) is 7.24. The molecule has 0 spiro atoms. The fourth-order valence-electron chi connectivity index (χ4n) is 2.97. The van der Waals surface area contributed by atoms with Crippen LogP contribution in [0.1, 0.15) is 25.3 Å². The minimum absolute atomic E-state index is 0.113. The topological polar surface area (TPSA) is 76.1 Å². The molecule has 0 radical (unpaired) electrons. The van der Waals surface area contributed by atoms with Crippen LogP contribution in [0.25, 0.3) is 10.9 Å². The van der Waals surface area contributed by atoms with Crippen LogP contribution in [-0.2, 0) is 0 Å². The van der Waals surface area contributed by atoms with Gasteiger partial charge in [-0.1, -0.05) is 12.5 Å². The molecule has 2 N–H and O–H groups in total. The number of hydrogen-bond donors (Lipinski definition) is 2. The second kappa shape index (κ2) is 5.73. The molecular weight excluding hydrogens is 270 g/mol. The van der Waals surface area contributed by atoms with Gasteiger partial charge in [-0.2, -0.15) is 0 Å². The average Bonchev–Trinajstić information content (AvgIpc) is 2.75. The van der Waals surface area contributed by atoms with Crippen molar-refractivity contribution in [3.8, 4) is 5.75 Å². The van der Waals surface area contributed by atoms with Crippen LogP contribution in [0.15, 0.2) is 27.8 Å². The highest BCUT2D eigenvalue weighted by Crippen LogP contribution is 2.21. The van der Waals surface area contributed by atoms with Gasteiger partial charge >= 0.3 is 5.69 Å². The minimum atomic E-state index is -0.352. The number of methoxy groups -OCH3 is 1. The summed E-state index contributed by atoms with van der Waals surface area (Å²) >= 11 is 0. The summed E-state index contributed by atoms with van der Waals surface area (Å²) in [5.41, 5.74) is -0.114. The summed E-state index contributed by atoms with van der Waals surface area (Å²) in [6.45, 7) is 1.57. The number of aromatic amines is 1. The van der Waals surface area contributed by atoms with E-state index in [1.807, 2.05) is 0 Å². The first kappa shape index (κ1) is 13.9. The number of benzene rings is 1. The lowest BCUT2D eigenvalue weighted by atomic mass is 10.1. The Morgan fingerprint density at radius 1 is 1.29 bits per heavy atom. The molecule has 0 bridgehead atoms. The van der Waals surface area contributed by atoms with Crippen molar-refractivity contribution in [2.45, 2.75) is 25.3 Å². The van der Waals surface area contributed by atoms with Gasteiger partial charge in [0.25, 0.3) is 5.56 Å². The van der Waals surface area contributed by atoms with E-state index < -0.39 is 0 Å². The van der Waals surface area contributed by atoms with E-state index in [1.54, 1.807) is 18.2 Å². The molecule has 1 aliphatic rings. The van der Waals surface area contributed by atoms with Crippen LogP contribution in [0.2, 0.25) is 0 Å². The van der Waals surface area contributed by atoms with Crippen molar-refractivity contribution < 1.29 is 4.74 Å². The molecule has 6 heteroatoms. The molecule has 1 aromatic heterocycles. The molecule has 0 aliphatic carbocycles. The summed E-state index contributed by atoms with van der Waals surface area (Å²) in [7, 11) is 1.52. The van der Waals surface area contributed by atoms with Crippen molar-refractivity contribution in [2.24, 2.45) is 0 Å². The number of nitrogens with one attached hydrogen (secondary N) is 2. The van der Waals surface area contributed by atoms with Crippen molar-refractivity contribution in [3.05, 3.63) is 39.0 Å². The number of hydrogen-bond acceptors (Lipinski definition) is 4. The van der Waals surface area contributed by atoms with Gasteiger partial charge in [0, 0.05) is 6.54 Å². The van der Waals surface area contributed by atoms with Gasteiger partial charge in [-0.25, -0.2) is 4.79 Å². The molecule has 0 saturated carbocycles. The fourth-order valence-corrected chi connectivity index (χ4v) is 2.97. The Bertz CT molecular complexity index is 755. The maximum atomic E-state index is 12.8. The molecule has 1 aromatic carbocycles. The van der Waals surface area contributed by atoms with Gasteiger partial charge in [-0.3, -0.25) is 9.36 Å². The first-order chi connectivity index (χ1) is 10.2. The molecule has 6 nitrogen and oxygen atoms in total. The number of ether oxygens (including phenoxy) is 1. The number of fused-ring (bicyclic) bond motifs is 1. The Morgan fingerprint density at radius 2 is 2.14 bits per heavy atom. The first-order valence-electron chi connectivity index (χ1n) is 7.24. The number of H-pyrrole nitrogens is 1. The molecule has 112 valence electrons. The minimum Gasteiger partial charge on any atom is -0.496 e. The normalized spacial score (nSPS) is 19.4. The highest BCUT2D eigenvalue weighted by Gasteiger charge is 2.20. The summed E-state index contributed by atoms with van der Waals surface area (Å²) in [6.07, 6.45) is 2.91. The third-order valence-corrected chi connectivity index (χ3v) is 4.03. The summed E-state index contributed by atoms with van der Waals surface area (Å²) < 4.78 is 6.60. The van der Waals surface area contributed by atoms with Crippen LogP contribution in [0.4, 0.5) is 0 Å². The van der Waals surface area contributed by atoms with Gasteiger partial charge in [-0.15, -0.1) is 0 Å². The maximum absolute atomic E-state index is 12.8. The Balaban J connectivity index is 2.23. The molecule has 0 amide bonds. The molecule has 21 heavy (non-hydrogen) atoms. The van der Waals surface area contributed by atoms with E-state index in [4.69, 9.17) is 4.74 Å². The van der Waals surface area contributed by atoms with Crippen LogP contribution >= 0.6 is 0 Å². The van der Waals surface area contributed by atoms with Crippen molar-refractivity contribution in [1.82, 2.24) is 14.9 Å². The second-order valence-corrected chi connectivity index (χ2v) is 5.34. The summed E-state index contributed by atoms with van der Waals surface area (Å²) in [6, 6.07) is 5.10. The van der Waals surface area contributed by atoms with Gasteiger partial charge in [0.1, 0.15) is 11.1 Å². The number of aromatic nitrogens is 2. The Labute approximate surface area is 121 Å². The molecule has 1 atom stereocenters. The fraction of sp³-hybridized carbons (Fsp3) is 0.467. The lowest BCUT2D eigenvalue weighted by molar-refractivity contribution is 0.414. The zero-order valence-corrected chi connectivity index (χ0v) is 12.0. The van der Waals surface area contributed by atoms with Crippen molar-refractivity contribution in [2.75, 3.05) is 20.2 Å². The molecule has 2 heterocycles. The zero-order valence-electron chi connectivity index (χ0n) is 12.0. The Hall–Kier alpha value is -2.08. The van der Waals surface area contributed by atoms with E-state index in [9.17, 15) is 9.59 Å². The van der Waals surface area contributed by atoms with Gasteiger partial charge in [0.05, 0.1) is 18.7 Å². The lowest BCUT2D eigenvalue weighted by Crippen LogP contribution is -2.41. The van der Waals surface area contributed by atoms with E-state index in [2.05, 4.69) is 10.3 Å². The van der Waals surface area contributed by atoms with Crippen LogP contribution < -0.4 is 21.3 Å². The van der Waals surface area contributed by atoms with Gasteiger partial charge in [0.15, 0.2) is 0 Å². The summed E-state index contributed by atoms with van der Waals surface area (Å²) in [4.78, 5) is 27.9. The van der Waals surface area contributed by atoms with Crippen LogP contribution in [0.5, 0.6) is 5.75 Å². The predicted octanol–water partition coefficient (Wildman–Crippen LogP) is 1.01. The number of rotatable bonds is 2. The maximum Gasteiger partial charge on any atom is 0.329 e. The molecule has 2 aromatic rings. The molecule has 1 unspecified atom stereocenters. The highest BCUT2D eigenvalue weighted by atomic mass is 16.5. The third kappa shape index (κ3) is 2.47. The largest absolute Gasteiger partial charge is 0.496 e. The van der Waals surface area contributed by atoms with Gasteiger partial charge in [-0.05, 0) is 31.5 Å². The summed E-state index contributed by atoms with van der Waals surface area (Å²) in [5, 5.41) is 3.72. The molecular formula is C15H19N3O3. The molecule has 3 rings (SSSR count). The van der Waals surface area contributed by atoms with Crippen molar-refractivity contribution >= 4 is 10.9 Å². The van der Waals surface area contributed by atoms with E-state index in [0.29, 0.717) is 23.2 Å². The monoisotopic (exact) mass is 289 g/mol. The SMILES string of the molecule is COc1cccc2[nH]c(=O)n(C3CCCCNC3)c(=O)c12. The Morgan fingerprint density at radius 3 is 2.95 bits per heavy atom. The third-order valence-electron chi connectivity index (χ3n) is 4.03. The van der Waals surface area contributed by atoms with Crippen LogP contribution in [0.3, 0.4) is 0 Å². The average molecular weight is 289 g/mol. The standard InChI is InChI=1S/C15H19N3O3/c1-21-12-7-4-6-11-13(12)14(19)18(15(20)17-11)10-5-2-3-8-16-9-10/h4,6-7,10,16H,2-3,5,8-9H2,1H3,(H,17,20). The predicted molar refractivity (Wildman–Crippen MR) is 81.1 cm³/mol. The van der Waals surface area contributed by atoms with Gasteiger partial charge in [0.2, 0.25) is 0 Å². The second-order valence-electron chi connectivity index (χ2n) is 5.34. The van der Waals surface area contributed by atoms with Gasteiger partial charge < -0.3 is 15.0 Å². The smallest absolute Gasteiger partial charge is 0.329 e.